The first-order valence-electron chi connectivity index (χ1n) is 11.5. The molecule has 0 aliphatic carbocycles. The zero-order chi connectivity index (χ0) is 24.4. The van der Waals surface area contributed by atoms with Crippen molar-refractivity contribution in [2.75, 3.05) is 18.0 Å². The Morgan fingerprint density at radius 3 is 2.29 bits per heavy atom. The van der Waals surface area contributed by atoms with Crippen LogP contribution in [0.4, 0.5) is 5.88 Å². The lowest BCUT2D eigenvalue weighted by atomic mass is 9.90. The number of halogens is 2. The summed E-state index contributed by atoms with van der Waals surface area (Å²) in [6.45, 7) is 1.38. The van der Waals surface area contributed by atoms with Gasteiger partial charge in [0.1, 0.15) is 0 Å². The number of hydrogen-bond donors (Lipinski definition) is 0. The van der Waals surface area contributed by atoms with Crippen LogP contribution in [0.3, 0.4) is 0 Å². The van der Waals surface area contributed by atoms with Gasteiger partial charge in [-0.1, -0.05) is 70.0 Å². The molecule has 0 radical (unpaired) electrons. The molecular formula is C27H24BrClN2O3S. The Bertz CT molecular complexity index is 1410. The zero-order valence-electron chi connectivity index (χ0n) is 18.9. The van der Waals surface area contributed by atoms with Crippen molar-refractivity contribution in [3.05, 3.63) is 93.9 Å². The van der Waals surface area contributed by atoms with Gasteiger partial charge in [-0.3, -0.25) is 0 Å². The van der Waals surface area contributed by atoms with E-state index in [9.17, 15) is 8.42 Å². The van der Waals surface area contributed by atoms with Gasteiger partial charge in [-0.2, -0.15) is 4.98 Å². The van der Waals surface area contributed by atoms with Gasteiger partial charge in [-0.05, 0) is 67.1 Å². The minimum absolute atomic E-state index is 0.0729. The summed E-state index contributed by atoms with van der Waals surface area (Å²) in [5, 5.41) is 0.380. The quantitative estimate of drug-likeness (QED) is 0.248. The first-order valence-corrected chi connectivity index (χ1v) is 14.1. The van der Waals surface area contributed by atoms with Crippen molar-refractivity contribution in [3.8, 4) is 11.5 Å². The summed E-state index contributed by atoms with van der Waals surface area (Å²) in [6.07, 6.45) is 2.89. The number of benzene rings is 3. The van der Waals surface area contributed by atoms with Crippen LogP contribution in [0.2, 0.25) is 5.02 Å². The van der Waals surface area contributed by atoms with Gasteiger partial charge >= 0.3 is 0 Å². The van der Waals surface area contributed by atoms with E-state index in [0.717, 1.165) is 23.7 Å². The Morgan fingerprint density at radius 1 is 0.943 bits per heavy atom. The molecule has 3 aromatic carbocycles. The largest absolute Gasteiger partial charge is 0.419 e. The average molecular weight is 572 g/mol. The number of piperidine rings is 1. The highest BCUT2D eigenvalue weighted by Gasteiger charge is 2.33. The second-order valence-electron chi connectivity index (χ2n) is 8.69. The minimum atomic E-state index is -3.91. The molecule has 5 nitrogen and oxygen atoms in total. The molecule has 0 bridgehead atoms. The third kappa shape index (κ3) is 5.17. The molecule has 35 heavy (non-hydrogen) atoms. The van der Waals surface area contributed by atoms with Crippen LogP contribution in [0.1, 0.15) is 18.4 Å². The number of oxazole rings is 1. The standard InChI is InChI=1S/C27H24BrClN2O3S/c28-21-10-12-22(13-11-21)35(32,33)26-27(34-25(30-26)23-8-4-5-9-24(23)29)31-16-14-20(15-17-31)18-19-6-2-1-3-7-19/h1-13,20H,14-18H2. The molecule has 0 saturated carbocycles. The molecule has 1 saturated heterocycles. The van der Waals surface area contributed by atoms with Gasteiger partial charge in [-0.25, -0.2) is 8.42 Å². The molecule has 0 atom stereocenters. The molecule has 180 valence electrons. The van der Waals surface area contributed by atoms with E-state index in [0.29, 0.717) is 29.6 Å². The van der Waals surface area contributed by atoms with Crippen LogP contribution in [-0.4, -0.2) is 26.5 Å². The highest BCUT2D eigenvalue weighted by molar-refractivity contribution is 9.10. The maximum absolute atomic E-state index is 13.6. The third-order valence-corrected chi connectivity index (χ3v) is 8.86. The maximum Gasteiger partial charge on any atom is 0.236 e. The lowest BCUT2D eigenvalue weighted by Crippen LogP contribution is -2.34. The van der Waals surface area contributed by atoms with E-state index in [2.05, 4.69) is 45.2 Å². The molecule has 2 heterocycles. The maximum atomic E-state index is 13.6. The fourth-order valence-corrected chi connectivity index (χ4v) is 6.24. The fraction of sp³-hybridized carbons (Fsp3) is 0.222. The molecule has 1 fully saturated rings. The number of aromatic nitrogens is 1. The predicted molar refractivity (Wildman–Crippen MR) is 142 cm³/mol. The number of sulfone groups is 1. The highest BCUT2D eigenvalue weighted by Crippen LogP contribution is 2.38. The summed E-state index contributed by atoms with van der Waals surface area (Å²) in [4.78, 5) is 6.65. The Labute approximate surface area is 218 Å². The average Bonchev–Trinajstić information content (AvgIpc) is 3.32. The normalized spacial score (nSPS) is 14.9. The molecule has 0 unspecified atom stereocenters. The molecule has 4 aromatic rings. The van der Waals surface area contributed by atoms with Gasteiger partial charge in [0.05, 0.1) is 15.5 Å². The van der Waals surface area contributed by atoms with Crippen molar-refractivity contribution in [1.82, 2.24) is 4.98 Å². The molecule has 0 amide bonds. The van der Waals surface area contributed by atoms with Gasteiger partial charge in [0.15, 0.2) is 0 Å². The third-order valence-electron chi connectivity index (χ3n) is 6.33. The van der Waals surface area contributed by atoms with E-state index < -0.39 is 9.84 Å². The molecular weight excluding hydrogens is 548 g/mol. The SMILES string of the molecule is O=S(=O)(c1ccc(Br)cc1)c1nc(-c2ccccc2Cl)oc1N1CCC(Cc2ccccc2)CC1. The van der Waals surface area contributed by atoms with Crippen molar-refractivity contribution in [2.45, 2.75) is 29.2 Å². The first kappa shape index (κ1) is 24.1. The van der Waals surface area contributed by atoms with Crippen molar-refractivity contribution in [1.29, 1.82) is 0 Å². The molecule has 0 spiro atoms. The Balaban J connectivity index is 1.48. The van der Waals surface area contributed by atoms with Crippen LogP contribution in [0.5, 0.6) is 0 Å². The van der Waals surface area contributed by atoms with E-state index in [1.54, 1.807) is 36.4 Å². The number of rotatable bonds is 6. The minimum Gasteiger partial charge on any atom is -0.419 e. The lowest BCUT2D eigenvalue weighted by molar-refractivity contribution is 0.387. The van der Waals surface area contributed by atoms with Crippen molar-refractivity contribution < 1.29 is 12.8 Å². The van der Waals surface area contributed by atoms with E-state index >= 15 is 0 Å². The summed E-state index contributed by atoms with van der Waals surface area (Å²) in [6, 6.07) is 24.2. The second-order valence-corrected chi connectivity index (χ2v) is 11.9. The molecule has 0 N–H and O–H groups in total. The van der Waals surface area contributed by atoms with Crippen LogP contribution in [0.25, 0.3) is 11.5 Å². The van der Waals surface area contributed by atoms with Crippen molar-refractivity contribution in [3.63, 3.8) is 0 Å². The summed E-state index contributed by atoms with van der Waals surface area (Å²) >= 11 is 9.75. The molecule has 8 heteroatoms. The van der Waals surface area contributed by atoms with Crippen LogP contribution in [0, 0.1) is 5.92 Å². The van der Waals surface area contributed by atoms with Gasteiger partial charge < -0.3 is 9.32 Å². The molecule has 1 aliphatic heterocycles. The van der Waals surface area contributed by atoms with Gasteiger partial charge in [0.2, 0.25) is 26.6 Å². The predicted octanol–water partition coefficient (Wildman–Crippen LogP) is 7.05. The summed E-state index contributed by atoms with van der Waals surface area (Å²) in [5.41, 5.74) is 1.89. The van der Waals surface area contributed by atoms with Crippen molar-refractivity contribution >= 4 is 43.3 Å². The zero-order valence-corrected chi connectivity index (χ0v) is 22.1. The van der Waals surface area contributed by atoms with Gasteiger partial charge in [0, 0.05) is 17.6 Å². The monoisotopic (exact) mass is 570 g/mol. The van der Waals surface area contributed by atoms with Crippen LogP contribution in [0.15, 0.2) is 97.7 Å². The van der Waals surface area contributed by atoms with E-state index in [1.807, 2.05) is 23.1 Å². The Hall–Kier alpha value is -2.61. The van der Waals surface area contributed by atoms with Crippen LogP contribution < -0.4 is 4.90 Å². The first-order chi connectivity index (χ1) is 16.9. The lowest BCUT2D eigenvalue weighted by Gasteiger charge is -2.32. The Morgan fingerprint density at radius 2 is 1.60 bits per heavy atom. The van der Waals surface area contributed by atoms with Gasteiger partial charge in [-0.15, -0.1) is 0 Å². The van der Waals surface area contributed by atoms with Gasteiger partial charge in [0.25, 0.3) is 0 Å². The van der Waals surface area contributed by atoms with Crippen LogP contribution in [-0.2, 0) is 16.3 Å². The number of anilines is 1. The summed E-state index contributed by atoms with van der Waals surface area (Å²) in [7, 11) is -3.91. The highest BCUT2D eigenvalue weighted by atomic mass is 79.9. The van der Waals surface area contributed by atoms with Crippen LogP contribution >= 0.6 is 27.5 Å². The Kier molecular flexibility index (Phi) is 7.00. The van der Waals surface area contributed by atoms with Crippen molar-refractivity contribution in [2.24, 2.45) is 5.92 Å². The smallest absolute Gasteiger partial charge is 0.236 e. The number of nitrogens with zero attached hydrogens (tertiary/aromatic N) is 2. The fourth-order valence-electron chi connectivity index (χ4n) is 4.44. The van der Waals surface area contributed by atoms with E-state index in [4.69, 9.17) is 16.0 Å². The topological polar surface area (TPSA) is 63.4 Å². The molecule has 1 aliphatic rings. The molecule has 1 aromatic heterocycles. The molecule has 5 rings (SSSR count). The summed E-state index contributed by atoms with van der Waals surface area (Å²) in [5.74, 6) is 1.01. The summed E-state index contributed by atoms with van der Waals surface area (Å²) < 4.78 is 34.2. The van der Waals surface area contributed by atoms with E-state index in [1.165, 1.54) is 5.56 Å². The number of hydrogen-bond acceptors (Lipinski definition) is 5. The van der Waals surface area contributed by atoms with E-state index in [-0.39, 0.29) is 21.7 Å². The second kappa shape index (κ2) is 10.2.